The number of carbonyl (C=O) groups excluding carboxylic acids is 1. The smallest absolute Gasteiger partial charge is 0.257 e. The molecule has 0 fully saturated rings. The maximum Gasteiger partial charge on any atom is 0.257 e. The number of hydrogen-bond acceptors (Lipinski definition) is 5. The summed E-state index contributed by atoms with van der Waals surface area (Å²) in [4.78, 5) is 12.4. The Morgan fingerprint density at radius 1 is 1.04 bits per heavy atom. The standard InChI is InChI=1S/C19H22N2O4S/c1-12(2)25-15-7-5-6-13(10-15)18(22)21-19(26)20-16-11-14(23-3)8-9-17(16)24-4/h5-12H,1-4H3,(H2,20,21,22,26). The molecule has 0 radical (unpaired) electrons. The number of rotatable bonds is 6. The van der Waals surface area contributed by atoms with Crippen molar-refractivity contribution in [1.82, 2.24) is 5.32 Å². The van der Waals surface area contributed by atoms with Crippen LogP contribution in [0.25, 0.3) is 0 Å². The normalized spacial score (nSPS) is 10.2. The molecule has 6 nitrogen and oxygen atoms in total. The third-order valence-corrected chi connectivity index (χ3v) is 3.55. The predicted octanol–water partition coefficient (Wildman–Crippen LogP) is 3.62. The summed E-state index contributed by atoms with van der Waals surface area (Å²) in [5.41, 5.74) is 1.04. The summed E-state index contributed by atoms with van der Waals surface area (Å²) in [5.74, 6) is 1.51. The molecule has 0 heterocycles. The largest absolute Gasteiger partial charge is 0.497 e. The quantitative estimate of drug-likeness (QED) is 0.753. The number of methoxy groups -OCH3 is 2. The van der Waals surface area contributed by atoms with Gasteiger partial charge in [0.1, 0.15) is 17.2 Å². The van der Waals surface area contributed by atoms with E-state index in [4.69, 9.17) is 26.4 Å². The molecule has 0 saturated carbocycles. The fraction of sp³-hybridized carbons (Fsp3) is 0.263. The molecule has 2 N–H and O–H groups in total. The topological polar surface area (TPSA) is 68.8 Å². The fourth-order valence-corrected chi connectivity index (χ4v) is 2.43. The van der Waals surface area contributed by atoms with Crippen LogP contribution >= 0.6 is 12.2 Å². The van der Waals surface area contributed by atoms with E-state index < -0.39 is 0 Å². The molecule has 0 spiro atoms. The highest BCUT2D eigenvalue weighted by Crippen LogP contribution is 2.28. The second-order valence-electron chi connectivity index (χ2n) is 5.67. The zero-order valence-electron chi connectivity index (χ0n) is 15.2. The summed E-state index contributed by atoms with van der Waals surface area (Å²) >= 11 is 5.23. The van der Waals surface area contributed by atoms with Crippen molar-refractivity contribution < 1.29 is 19.0 Å². The second-order valence-corrected chi connectivity index (χ2v) is 6.08. The van der Waals surface area contributed by atoms with Crippen molar-refractivity contribution >= 4 is 28.9 Å². The van der Waals surface area contributed by atoms with Gasteiger partial charge in [-0.3, -0.25) is 10.1 Å². The molecule has 1 amide bonds. The molecule has 2 rings (SSSR count). The first-order chi connectivity index (χ1) is 12.4. The van der Waals surface area contributed by atoms with Crippen molar-refractivity contribution in [2.75, 3.05) is 19.5 Å². The monoisotopic (exact) mass is 374 g/mol. The van der Waals surface area contributed by atoms with Crippen molar-refractivity contribution in [1.29, 1.82) is 0 Å². The molecule has 0 aliphatic rings. The summed E-state index contributed by atoms with van der Waals surface area (Å²) in [5, 5.41) is 5.74. The number of anilines is 1. The van der Waals surface area contributed by atoms with Crippen LogP contribution in [0.3, 0.4) is 0 Å². The minimum Gasteiger partial charge on any atom is -0.497 e. The molecule has 0 aliphatic heterocycles. The average Bonchev–Trinajstić information content (AvgIpc) is 2.61. The zero-order chi connectivity index (χ0) is 19.1. The number of nitrogens with one attached hydrogen (secondary N) is 2. The number of hydrogen-bond donors (Lipinski definition) is 2. The summed E-state index contributed by atoms with van der Waals surface area (Å²) in [6.45, 7) is 3.85. The molecule has 0 aliphatic carbocycles. The van der Waals surface area contributed by atoms with Crippen molar-refractivity contribution in [3.8, 4) is 17.2 Å². The Kier molecular flexibility index (Phi) is 6.80. The van der Waals surface area contributed by atoms with Gasteiger partial charge in [-0.1, -0.05) is 6.07 Å². The lowest BCUT2D eigenvalue weighted by atomic mass is 10.2. The van der Waals surface area contributed by atoms with Crippen LogP contribution in [0.2, 0.25) is 0 Å². The van der Waals surface area contributed by atoms with Gasteiger partial charge < -0.3 is 19.5 Å². The molecule has 0 saturated heterocycles. The number of benzene rings is 2. The Labute approximate surface area is 158 Å². The Morgan fingerprint density at radius 2 is 1.81 bits per heavy atom. The van der Waals surface area contributed by atoms with E-state index in [1.54, 1.807) is 56.7 Å². The Morgan fingerprint density at radius 3 is 2.46 bits per heavy atom. The molecule has 2 aromatic rings. The first-order valence-electron chi connectivity index (χ1n) is 8.04. The molecule has 26 heavy (non-hydrogen) atoms. The van der Waals surface area contributed by atoms with Gasteiger partial charge in [-0.05, 0) is 56.4 Å². The highest BCUT2D eigenvalue weighted by atomic mass is 32.1. The van der Waals surface area contributed by atoms with Gasteiger partial charge in [0.25, 0.3) is 5.91 Å². The van der Waals surface area contributed by atoms with Gasteiger partial charge in [0.15, 0.2) is 5.11 Å². The summed E-state index contributed by atoms with van der Waals surface area (Å²) in [7, 11) is 3.12. The molecular formula is C19H22N2O4S. The van der Waals surface area contributed by atoms with Gasteiger partial charge in [0.2, 0.25) is 0 Å². The zero-order valence-corrected chi connectivity index (χ0v) is 16.0. The van der Waals surface area contributed by atoms with Crippen molar-refractivity contribution in [3.05, 3.63) is 48.0 Å². The Bertz CT molecular complexity index is 793. The summed E-state index contributed by atoms with van der Waals surface area (Å²) in [6.07, 6.45) is 0.0246. The summed E-state index contributed by atoms with van der Waals surface area (Å²) < 4.78 is 16.1. The SMILES string of the molecule is COc1ccc(OC)c(NC(=S)NC(=O)c2cccc(OC(C)C)c2)c1. The minimum atomic E-state index is -0.335. The van der Waals surface area contributed by atoms with E-state index in [2.05, 4.69) is 10.6 Å². The summed E-state index contributed by atoms with van der Waals surface area (Å²) in [6, 6.07) is 12.2. The van der Waals surface area contributed by atoms with Crippen molar-refractivity contribution in [2.24, 2.45) is 0 Å². The minimum absolute atomic E-state index is 0.0246. The van der Waals surface area contributed by atoms with Gasteiger partial charge in [-0.15, -0.1) is 0 Å². The van der Waals surface area contributed by atoms with E-state index in [9.17, 15) is 4.79 Å². The number of ether oxygens (including phenoxy) is 3. The lowest BCUT2D eigenvalue weighted by Gasteiger charge is -2.14. The third kappa shape index (κ3) is 5.35. The van der Waals surface area contributed by atoms with Crippen LogP contribution in [0.1, 0.15) is 24.2 Å². The van der Waals surface area contributed by atoms with E-state index in [1.165, 1.54) is 0 Å². The molecular weight excluding hydrogens is 352 g/mol. The lowest BCUT2D eigenvalue weighted by molar-refractivity contribution is 0.0977. The highest BCUT2D eigenvalue weighted by Gasteiger charge is 2.12. The van der Waals surface area contributed by atoms with E-state index in [0.717, 1.165) is 0 Å². The Balaban J connectivity index is 2.07. The van der Waals surface area contributed by atoms with Crippen LogP contribution in [0.15, 0.2) is 42.5 Å². The molecule has 2 aromatic carbocycles. The predicted molar refractivity (Wildman–Crippen MR) is 105 cm³/mol. The highest BCUT2D eigenvalue weighted by molar-refractivity contribution is 7.80. The van der Waals surface area contributed by atoms with E-state index in [0.29, 0.717) is 28.5 Å². The number of thiocarbonyl (C=S) groups is 1. The van der Waals surface area contributed by atoms with Crippen LogP contribution < -0.4 is 24.8 Å². The number of amides is 1. The van der Waals surface area contributed by atoms with Crippen LogP contribution in [-0.4, -0.2) is 31.3 Å². The molecule has 0 atom stereocenters. The maximum atomic E-state index is 12.4. The van der Waals surface area contributed by atoms with Crippen molar-refractivity contribution in [2.45, 2.75) is 20.0 Å². The van der Waals surface area contributed by atoms with Gasteiger partial charge in [0.05, 0.1) is 26.0 Å². The second kappa shape index (κ2) is 9.05. The molecule has 7 heteroatoms. The van der Waals surface area contributed by atoms with E-state index in [-0.39, 0.29) is 17.1 Å². The van der Waals surface area contributed by atoms with E-state index in [1.807, 2.05) is 13.8 Å². The van der Waals surface area contributed by atoms with Gasteiger partial charge in [0, 0.05) is 11.6 Å². The maximum absolute atomic E-state index is 12.4. The van der Waals surface area contributed by atoms with Gasteiger partial charge >= 0.3 is 0 Å². The molecule has 138 valence electrons. The van der Waals surface area contributed by atoms with Crippen LogP contribution in [-0.2, 0) is 0 Å². The van der Waals surface area contributed by atoms with Crippen LogP contribution in [0, 0.1) is 0 Å². The molecule has 0 aromatic heterocycles. The molecule has 0 unspecified atom stereocenters. The Hall–Kier alpha value is -2.80. The number of carbonyl (C=O) groups is 1. The van der Waals surface area contributed by atoms with Crippen LogP contribution in [0.4, 0.5) is 5.69 Å². The lowest BCUT2D eigenvalue weighted by Crippen LogP contribution is -2.34. The van der Waals surface area contributed by atoms with Crippen LogP contribution in [0.5, 0.6) is 17.2 Å². The van der Waals surface area contributed by atoms with Gasteiger partial charge in [-0.2, -0.15) is 0 Å². The van der Waals surface area contributed by atoms with Gasteiger partial charge in [-0.25, -0.2) is 0 Å². The first kappa shape index (κ1) is 19.5. The fourth-order valence-electron chi connectivity index (χ4n) is 2.22. The first-order valence-corrected chi connectivity index (χ1v) is 8.45. The van der Waals surface area contributed by atoms with E-state index >= 15 is 0 Å². The average molecular weight is 374 g/mol. The van der Waals surface area contributed by atoms with Crippen molar-refractivity contribution in [3.63, 3.8) is 0 Å². The third-order valence-electron chi connectivity index (χ3n) is 3.35. The molecule has 0 bridgehead atoms.